The first-order chi connectivity index (χ1) is 15.3. The van der Waals surface area contributed by atoms with Gasteiger partial charge in [-0.25, -0.2) is 0 Å². The maximum absolute atomic E-state index is 5.86. The van der Waals surface area contributed by atoms with Gasteiger partial charge in [0.1, 0.15) is 0 Å². The number of hydrogen-bond donors (Lipinski definition) is 2. The summed E-state index contributed by atoms with van der Waals surface area (Å²) in [6.07, 6.45) is 5.67. The fraction of sp³-hybridized carbons (Fsp3) is 0.720. The van der Waals surface area contributed by atoms with E-state index in [1.54, 1.807) is 0 Å². The van der Waals surface area contributed by atoms with Crippen molar-refractivity contribution in [3.63, 3.8) is 0 Å². The molecule has 1 unspecified atom stereocenters. The molecule has 6 heteroatoms. The molecule has 6 nitrogen and oxygen atoms in total. The Bertz CT molecular complexity index is 619. The number of guanidine groups is 1. The van der Waals surface area contributed by atoms with E-state index in [4.69, 9.17) is 14.5 Å². The fourth-order valence-corrected chi connectivity index (χ4v) is 4.30. The number of rotatable bonds is 12. The van der Waals surface area contributed by atoms with Crippen LogP contribution in [-0.4, -0.2) is 76.6 Å². The van der Waals surface area contributed by atoms with Crippen LogP contribution in [0.2, 0.25) is 0 Å². The monoisotopic (exact) mass is 430 g/mol. The quantitative estimate of drug-likeness (QED) is 0.303. The SMILES string of the molecule is CCNC(=NCC1CCN(CCc2ccccc2)C1)NCCCOCC1CCOCC1. The summed E-state index contributed by atoms with van der Waals surface area (Å²) in [4.78, 5) is 7.44. The van der Waals surface area contributed by atoms with Gasteiger partial charge in [0.05, 0.1) is 0 Å². The summed E-state index contributed by atoms with van der Waals surface area (Å²) in [7, 11) is 0. The van der Waals surface area contributed by atoms with Crippen molar-refractivity contribution < 1.29 is 9.47 Å². The molecule has 1 aromatic carbocycles. The third-order valence-electron chi connectivity index (χ3n) is 6.23. The van der Waals surface area contributed by atoms with Crippen molar-refractivity contribution in [3.8, 4) is 0 Å². The fourth-order valence-electron chi connectivity index (χ4n) is 4.30. The molecule has 31 heavy (non-hydrogen) atoms. The first kappa shape index (κ1) is 24.0. The zero-order chi connectivity index (χ0) is 21.6. The van der Waals surface area contributed by atoms with Gasteiger partial charge in [-0.1, -0.05) is 30.3 Å². The molecule has 3 rings (SSSR count). The van der Waals surface area contributed by atoms with Gasteiger partial charge in [0, 0.05) is 59.2 Å². The second-order valence-electron chi connectivity index (χ2n) is 8.82. The number of aliphatic imine (C=N–C) groups is 1. The average molecular weight is 431 g/mol. The molecule has 0 saturated carbocycles. The van der Waals surface area contributed by atoms with E-state index in [0.717, 1.165) is 90.8 Å². The summed E-state index contributed by atoms with van der Waals surface area (Å²) in [5, 5.41) is 6.84. The molecule has 0 bridgehead atoms. The molecule has 2 aliphatic heterocycles. The van der Waals surface area contributed by atoms with E-state index in [-0.39, 0.29) is 0 Å². The minimum absolute atomic E-state index is 0.661. The molecule has 174 valence electrons. The lowest BCUT2D eigenvalue weighted by atomic mass is 10.0. The molecule has 2 N–H and O–H groups in total. The molecule has 2 heterocycles. The number of ether oxygens (including phenoxy) is 2. The summed E-state index contributed by atoms with van der Waals surface area (Å²) in [6, 6.07) is 10.8. The van der Waals surface area contributed by atoms with Crippen molar-refractivity contribution in [3.05, 3.63) is 35.9 Å². The van der Waals surface area contributed by atoms with Crippen LogP contribution in [0.4, 0.5) is 0 Å². The molecule has 1 aromatic rings. The van der Waals surface area contributed by atoms with Crippen LogP contribution in [0.25, 0.3) is 0 Å². The van der Waals surface area contributed by atoms with Crippen molar-refractivity contribution in [2.75, 3.05) is 65.7 Å². The number of nitrogens with zero attached hydrogens (tertiary/aromatic N) is 2. The lowest BCUT2D eigenvalue weighted by molar-refractivity contribution is 0.0203. The number of benzene rings is 1. The van der Waals surface area contributed by atoms with Crippen LogP contribution < -0.4 is 10.6 Å². The van der Waals surface area contributed by atoms with E-state index in [1.165, 1.54) is 18.5 Å². The minimum atomic E-state index is 0.661. The minimum Gasteiger partial charge on any atom is -0.381 e. The molecular weight excluding hydrogens is 388 g/mol. The van der Waals surface area contributed by atoms with E-state index in [0.29, 0.717) is 11.8 Å². The van der Waals surface area contributed by atoms with Crippen molar-refractivity contribution in [1.82, 2.24) is 15.5 Å². The molecule has 2 fully saturated rings. The zero-order valence-corrected chi connectivity index (χ0v) is 19.4. The van der Waals surface area contributed by atoms with Gasteiger partial charge in [0.25, 0.3) is 0 Å². The predicted octanol–water partition coefficient (Wildman–Crippen LogP) is 2.94. The second kappa shape index (κ2) is 14.4. The summed E-state index contributed by atoms with van der Waals surface area (Å²) >= 11 is 0. The van der Waals surface area contributed by atoms with Crippen molar-refractivity contribution in [2.24, 2.45) is 16.8 Å². The average Bonchev–Trinajstić information content (AvgIpc) is 3.27. The maximum atomic E-state index is 5.86. The zero-order valence-electron chi connectivity index (χ0n) is 19.4. The van der Waals surface area contributed by atoms with E-state index in [2.05, 4.69) is 52.8 Å². The lowest BCUT2D eigenvalue weighted by Crippen LogP contribution is -2.38. The Kier molecular flexibility index (Phi) is 11.2. The highest BCUT2D eigenvalue weighted by molar-refractivity contribution is 5.79. The van der Waals surface area contributed by atoms with Crippen molar-refractivity contribution >= 4 is 5.96 Å². The van der Waals surface area contributed by atoms with Crippen molar-refractivity contribution in [2.45, 2.75) is 39.0 Å². The van der Waals surface area contributed by atoms with Crippen LogP contribution in [-0.2, 0) is 15.9 Å². The summed E-state index contributed by atoms with van der Waals surface area (Å²) in [5.74, 6) is 2.28. The Balaban J connectivity index is 1.27. The van der Waals surface area contributed by atoms with E-state index >= 15 is 0 Å². The first-order valence-corrected chi connectivity index (χ1v) is 12.3. The normalized spacial score (nSPS) is 20.8. The second-order valence-corrected chi connectivity index (χ2v) is 8.82. The molecular formula is C25H42N4O2. The van der Waals surface area contributed by atoms with Gasteiger partial charge in [-0.05, 0) is 63.0 Å². The van der Waals surface area contributed by atoms with Gasteiger partial charge in [0.15, 0.2) is 5.96 Å². The smallest absolute Gasteiger partial charge is 0.191 e. The van der Waals surface area contributed by atoms with Crippen LogP contribution in [0.3, 0.4) is 0 Å². The van der Waals surface area contributed by atoms with Gasteiger partial charge in [0.2, 0.25) is 0 Å². The van der Waals surface area contributed by atoms with Crippen molar-refractivity contribution in [1.29, 1.82) is 0 Å². The van der Waals surface area contributed by atoms with Crippen LogP contribution in [0, 0.1) is 11.8 Å². The Morgan fingerprint density at radius 1 is 1.13 bits per heavy atom. The first-order valence-electron chi connectivity index (χ1n) is 12.3. The highest BCUT2D eigenvalue weighted by Gasteiger charge is 2.22. The highest BCUT2D eigenvalue weighted by Crippen LogP contribution is 2.17. The number of hydrogen-bond acceptors (Lipinski definition) is 4. The Morgan fingerprint density at radius 3 is 2.77 bits per heavy atom. The van der Waals surface area contributed by atoms with Crippen LogP contribution in [0.1, 0.15) is 38.2 Å². The van der Waals surface area contributed by atoms with Crippen LogP contribution in [0.15, 0.2) is 35.3 Å². The summed E-state index contributed by atoms with van der Waals surface area (Å²) in [5.41, 5.74) is 1.43. The predicted molar refractivity (Wildman–Crippen MR) is 128 cm³/mol. The molecule has 2 aliphatic rings. The number of likely N-dealkylation sites (tertiary alicyclic amines) is 1. The maximum Gasteiger partial charge on any atom is 0.191 e. The Morgan fingerprint density at radius 2 is 1.97 bits per heavy atom. The van der Waals surface area contributed by atoms with E-state index in [1.807, 2.05) is 0 Å². The van der Waals surface area contributed by atoms with Crippen LogP contribution >= 0.6 is 0 Å². The van der Waals surface area contributed by atoms with Gasteiger partial charge < -0.3 is 25.0 Å². The topological polar surface area (TPSA) is 58.1 Å². The Hall–Kier alpha value is -1.63. The van der Waals surface area contributed by atoms with Gasteiger partial charge >= 0.3 is 0 Å². The Labute approximate surface area is 188 Å². The molecule has 2 saturated heterocycles. The van der Waals surface area contributed by atoms with Gasteiger partial charge in [-0.2, -0.15) is 0 Å². The molecule has 0 spiro atoms. The van der Waals surface area contributed by atoms with Gasteiger partial charge in [-0.15, -0.1) is 0 Å². The van der Waals surface area contributed by atoms with E-state index in [9.17, 15) is 0 Å². The largest absolute Gasteiger partial charge is 0.381 e. The number of nitrogens with one attached hydrogen (secondary N) is 2. The highest BCUT2D eigenvalue weighted by atomic mass is 16.5. The standard InChI is InChI=1S/C25H42N4O2/c1-2-26-25(27-13-6-16-31-21-23-11-17-30-18-12-23)28-19-24-10-15-29(20-24)14-9-22-7-4-3-5-8-22/h3-5,7-8,23-24H,2,6,9-21H2,1H3,(H2,26,27,28). The molecule has 1 atom stereocenters. The molecule has 0 aromatic heterocycles. The van der Waals surface area contributed by atoms with Gasteiger partial charge in [-0.3, -0.25) is 4.99 Å². The van der Waals surface area contributed by atoms with Crippen LogP contribution in [0.5, 0.6) is 0 Å². The third kappa shape index (κ3) is 9.58. The summed E-state index contributed by atoms with van der Waals surface area (Å²) < 4.78 is 11.3. The third-order valence-corrected chi connectivity index (χ3v) is 6.23. The lowest BCUT2D eigenvalue weighted by Gasteiger charge is -2.21. The molecule has 0 radical (unpaired) electrons. The molecule has 0 amide bonds. The van der Waals surface area contributed by atoms with E-state index < -0.39 is 0 Å². The molecule has 0 aliphatic carbocycles. The summed E-state index contributed by atoms with van der Waals surface area (Å²) in [6.45, 7) is 11.8.